The molecule has 0 aliphatic heterocycles. The average Bonchev–Trinajstić information content (AvgIpc) is 2.27. The Kier molecular flexibility index (Phi) is 4.69. The number of aliphatic carboxylic acids is 1. The van der Waals surface area contributed by atoms with Gasteiger partial charge in [0.15, 0.2) is 0 Å². The Balaban J connectivity index is 2.56. The van der Waals surface area contributed by atoms with Gasteiger partial charge in [-0.2, -0.15) is 0 Å². The van der Waals surface area contributed by atoms with Crippen LogP contribution >= 0.6 is 0 Å². The Morgan fingerprint density at radius 1 is 1.18 bits per heavy atom. The van der Waals surface area contributed by atoms with E-state index in [1.807, 2.05) is 19.1 Å². The van der Waals surface area contributed by atoms with E-state index in [4.69, 9.17) is 9.84 Å². The molecule has 1 N–H and O–H groups in total. The van der Waals surface area contributed by atoms with Gasteiger partial charge >= 0.3 is 11.9 Å². The fraction of sp³-hybridized carbons (Fsp3) is 0.0769. The smallest absolute Gasteiger partial charge is 0.336 e. The monoisotopic (exact) mass is 232 g/mol. The molecule has 4 nitrogen and oxygen atoms in total. The van der Waals surface area contributed by atoms with Gasteiger partial charge in [0, 0.05) is 12.2 Å². The summed E-state index contributed by atoms with van der Waals surface area (Å²) in [7, 11) is 0. The molecule has 0 bridgehead atoms. The summed E-state index contributed by atoms with van der Waals surface area (Å²) >= 11 is 0. The normalized spacial score (nSPS) is 10.9. The molecule has 1 rings (SSSR count). The van der Waals surface area contributed by atoms with Gasteiger partial charge in [-0.15, -0.1) is 0 Å². The van der Waals surface area contributed by atoms with Crippen LogP contribution in [0.4, 0.5) is 0 Å². The highest BCUT2D eigenvalue weighted by Crippen LogP contribution is 2.16. The first-order chi connectivity index (χ1) is 8.09. The second kappa shape index (κ2) is 6.27. The summed E-state index contributed by atoms with van der Waals surface area (Å²) in [5.41, 5.74) is 0.857. The zero-order chi connectivity index (χ0) is 12.7. The van der Waals surface area contributed by atoms with Gasteiger partial charge in [-0.05, 0) is 18.6 Å². The summed E-state index contributed by atoms with van der Waals surface area (Å²) in [6, 6.07) is 7.13. The van der Waals surface area contributed by atoms with Crippen LogP contribution in [0.25, 0.3) is 0 Å². The van der Waals surface area contributed by atoms with E-state index in [1.165, 1.54) is 12.2 Å². The van der Waals surface area contributed by atoms with Gasteiger partial charge in [-0.3, -0.25) is 0 Å². The first kappa shape index (κ1) is 12.7. The number of para-hydroxylation sites is 1. The third-order valence-electron chi connectivity index (χ3n) is 1.89. The molecule has 0 amide bonds. The second-order valence-corrected chi connectivity index (χ2v) is 3.24. The van der Waals surface area contributed by atoms with Crippen LogP contribution in [0.1, 0.15) is 5.56 Å². The van der Waals surface area contributed by atoms with Gasteiger partial charge in [0.2, 0.25) is 0 Å². The summed E-state index contributed by atoms with van der Waals surface area (Å²) in [4.78, 5) is 21.5. The summed E-state index contributed by atoms with van der Waals surface area (Å²) < 4.78 is 5.05. The van der Waals surface area contributed by atoms with Gasteiger partial charge < -0.3 is 9.84 Å². The quantitative estimate of drug-likeness (QED) is 0.373. The van der Waals surface area contributed by atoms with Crippen molar-refractivity contribution in [1.29, 1.82) is 0 Å². The molecule has 1 aromatic rings. The van der Waals surface area contributed by atoms with E-state index >= 15 is 0 Å². The fourth-order valence-corrected chi connectivity index (χ4v) is 1.09. The molecule has 0 aliphatic carbocycles. The molecule has 0 saturated carbocycles. The molecule has 0 spiro atoms. The third kappa shape index (κ3) is 4.79. The van der Waals surface area contributed by atoms with Crippen LogP contribution in [0.15, 0.2) is 48.6 Å². The molecular formula is C13H12O4. The topological polar surface area (TPSA) is 63.6 Å². The third-order valence-corrected chi connectivity index (χ3v) is 1.89. The molecule has 17 heavy (non-hydrogen) atoms. The van der Waals surface area contributed by atoms with Gasteiger partial charge in [0.1, 0.15) is 5.75 Å². The first-order valence-corrected chi connectivity index (χ1v) is 4.94. The minimum Gasteiger partial charge on any atom is -0.478 e. The number of rotatable bonds is 4. The fourth-order valence-electron chi connectivity index (χ4n) is 1.09. The predicted octanol–water partition coefficient (Wildman–Crippen LogP) is 2.10. The van der Waals surface area contributed by atoms with Crippen molar-refractivity contribution in [3.8, 4) is 5.75 Å². The lowest BCUT2D eigenvalue weighted by Crippen LogP contribution is -2.04. The van der Waals surface area contributed by atoms with E-state index in [9.17, 15) is 9.59 Å². The number of ether oxygens (including phenoxy) is 1. The molecule has 0 unspecified atom stereocenters. The number of aryl methyl sites for hydroxylation is 1. The summed E-state index contributed by atoms with van der Waals surface area (Å²) in [5, 5.41) is 8.31. The molecule has 0 radical (unpaired) electrons. The van der Waals surface area contributed by atoms with Crippen LogP contribution in [0.5, 0.6) is 5.75 Å². The van der Waals surface area contributed by atoms with Crippen LogP contribution < -0.4 is 4.74 Å². The maximum absolute atomic E-state index is 11.3. The molecule has 1 aromatic carbocycles. The number of carboxylic acid groups (broad SMARTS) is 1. The SMILES string of the molecule is Cc1ccccc1OC(=O)C=CC=CC(=O)O. The van der Waals surface area contributed by atoms with Crippen LogP contribution in [0.3, 0.4) is 0 Å². The Hall–Kier alpha value is -2.36. The molecule has 88 valence electrons. The highest BCUT2D eigenvalue weighted by Gasteiger charge is 2.01. The van der Waals surface area contributed by atoms with Crippen LogP contribution in [-0.2, 0) is 9.59 Å². The molecule has 0 aromatic heterocycles. The lowest BCUT2D eigenvalue weighted by Gasteiger charge is -2.03. The number of carbonyl (C=O) groups is 2. The van der Waals surface area contributed by atoms with E-state index in [1.54, 1.807) is 12.1 Å². The summed E-state index contributed by atoms with van der Waals surface area (Å²) in [6.45, 7) is 1.83. The standard InChI is InChI=1S/C13H12O4/c1-10-6-2-3-7-11(10)17-13(16)9-5-4-8-12(14)15/h2-9H,1H3,(H,14,15). The molecule has 0 aliphatic rings. The number of carbonyl (C=O) groups excluding carboxylic acids is 1. The zero-order valence-electron chi connectivity index (χ0n) is 9.29. The maximum atomic E-state index is 11.3. The number of allylic oxidation sites excluding steroid dienone is 2. The number of benzene rings is 1. The van der Waals surface area contributed by atoms with Crippen LogP contribution in [0.2, 0.25) is 0 Å². The van der Waals surface area contributed by atoms with Crippen molar-refractivity contribution in [2.24, 2.45) is 0 Å². The summed E-state index contributed by atoms with van der Waals surface area (Å²) in [5.74, 6) is -1.12. The number of hydrogen-bond donors (Lipinski definition) is 1. The Labute approximate surface area is 98.8 Å². The molecule has 0 fully saturated rings. The Morgan fingerprint density at radius 2 is 1.82 bits per heavy atom. The van der Waals surface area contributed by atoms with Crippen LogP contribution in [0, 0.1) is 6.92 Å². The Morgan fingerprint density at radius 3 is 2.47 bits per heavy atom. The van der Waals surface area contributed by atoms with E-state index in [0.717, 1.165) is 17.7 Å². The van der Waals surface area contributed by atoms with Gasteiger partial charge in [0.05, 0.1) is 0 Å². The van der Waals surface area contributed by atoms with Crippen molar-refractivity contribution in [2.75, 3.05) is 0 Å². The molecule has 0 atom stereocenters. The highest BCUT2D eigenvalue weighted by molar-refractivity contribution is 5.85. The van der Waals surface area contributed by atoms with Crippen molar-refractivity contribution in [1.82, 2.24) is 0 Å². The number of esters is 1. The minimum atomic E-state index is -1.07. The first-order valence-electron chi connectivity index (χ1n) is 4.94. The van der Waals surface area contributed by atoms with Gasteiger partial charge in [0.25, 0.3) is 0 Å². The van der Waals surface area contributed by atoms with Crippen molar-refractivity contribution in [3.63, 3.8) is 0 Å². The van der Waals surface area contributed by atoms with E-state index in [0.29, 0.717) is 5.75 Å². The van der Waals surface area contributed by atoms with Crippen molar-refractivity contribution in [3.05, 3.63) is 54.1 Å². The highest BCUT2D eigenvalue weighted by atomic mass is 16.5. The van der Waals surface area contributed by atoms with E-state index in [2.05, 4.69) is 0 Å². The zero-order valence-corrected chi connectivity index (χ0v) is 9.29. The minimum absolute atomic E-state index is 0.490. The average molecular weight is 232 g/mol. The number of hydrogen-bond acceptors (Lipinski definition) is 3. The largest absolute Gasteiger partial charge is 0.478 e. The molecule has 0 heterocycles. The van der Waals surface area contributed by atoms with Gasteiger partial charge in [-0.25, -0.2) is 9.59 Å². The maximum Gasteiger partial charge on any atom is 0.336 e. The lowest BCUT2D eigenvalue weighted by atomic mass is 10.2. The number of carboxylic acids is 1. The van der Waals surface area contributed by atoms with Crippen molar-refractivity contribution in [2.45, 2.75) is 6.92 Å². The molecular weight excluding hydrogens is 220 g/mol. The van der Waals surface area contributed by atoms with Crippen molar-refractivity contribution < 1.29 is 19.4 Å². The lowest BCUT2D eigenvalue weighted by molar-refractivity contribution is -0.131. The van der Waals surface area contributed by atoms with Crippen molar-refractivity contribution >= 4 is 11.9 Å². The van der Waals surface area contributed by atoms with E-state index in [-0.39, 0.29) is 0 Å². The molecule has 4 heteroatoms. The Bertz CT molecular complexity index is 472. The van der Waals surface area contributed by atoms with E-state index < -0.39 is 11.9 Å². The van der Waals surface area contributed by atoms with Crippen LogP contribution in [-0.4, -0.2) is 17.0 Å². The van der Waals surface area contributed by atoms with Gasteiger partial charge in [-0.1, -0.05) is 30.4 Å². The molecule has 0 saturated heterocycles. The summed E-state index contributed by atoms with van der Waals surface area (Å²) in [6.07, 6.45) is 4.65. The predicted molar refractivity (Wildman–Crippen MR) is 62.7 cm³/mol. The second-order valence-electron chi connectivity index (χ2n) is 3.24.